The summed E-state index contributed by atoms with van der Waals surface area (Å²) in [6, 6.07) is 3.42. The molecule has 12 heteroatoms. The van der Waals surface area contributed by atoms with E-state index in [0.29, 0.717) is 23.3 Å². The fourth-order valence-electron chi connectivity index (χ4n) is 2.78. The molecule has 162 valence electrons. The largest absolute Gasteiger partial charge is 0.493 e. The molecule has 2 amide bonds. The minimum Gasteiger partial charge on any atom is -0.493 e. The van der Waals surface area contributed by atoms with Crippen LogP contribution in [0.15, 0.2) is 36.9 Å². The zero-order valence-corrected chi connectivity index (χ0v) is 17.3. The minimum absolute atomic E-state index is 0.101. The number of esters is 1. The van der Waals surface area contributed by atoms with E-state index < -0.39 is 18.0 Å². The lowest BCUT2D eigenvalue weighted by molar-refractivity contribution is 0.0601. The molecular formula is C19H21N7O5. The first-order valence-corrected chi connectivity index (χ1v) is 9.07. The Morgan fingerprint density at radius 1 is 1.03 bits per heavy atom. The predicted octanol–water partition coefficient (Wildman–Crippen LogP) is 1.74. The number of carbonyl (C=O) groups is 2. The number of hydrogen-bond acceptors (Lipinski definition) is 9. The van der Waals surface area contributed by atoms with Gasteiger partial charge in [0.15, 0.2) is 17.3 Å². The van der Waals surface area contributed by atoms with E-state index in [1.165, 1.54) is 44.5 Å². The van der Waals surface area contributed by atoms with Crippen LogP contribution in [0.25, 0.3) is 5.95 Å². The van der Waals surface area contributed by atoms with Gasteiger partial charge in [-0.3, -0.25) is 0 Å². The SMILES string of the molecule is COC(=O)c1cc(OC)c(OC)cc1NC(=O)NC(C)c1ncnn1-c1ncccn1. The average Bonchev–Trinajstić information content (AvgIpc) is 3.29. The van der Waals surface area contributed by atoms with E-state index in [9.17, 15) is 9.59 Å². The molecule has 0 saturated carbocycles. The highest BCUT2D eigenvalue weighted by molar-refractivity contribution is 6.01. The molecular weight excluding hydrogens is 406 g/mol. The molecule has 12 nitrogen and oxygen atoms in total. The van der Waals surface area contributed by atoms with Gasteiger partial charge in [0, 0.05) is 24.5 Å². The number of hydrogen-bond donors (Lipinski definition) is 2. The third-order valence-corrected chi connectivity index (χ3v) is 4.23. The maximum Gasteiger partial charge on any atom is 0.340 e. The Hall–Kier alpha value is -4.22. The molecule has 0 aliphatic carbocycles. The van der Waals surface area contributed by atoms with Crippen molar-refractivity contribution in [2.24, 2.45) is 0 Å². The Balaban J connectivity index is 1.81. The topological polar surface area (TPSA) is 142 Å². The Labute approximate surface area is 177 Å². The maximum atomic E-state index is 12.6. The molecule has 2 aromatic heterocycles. The Kier molecular flexibility index (Phi) is 6.60. The highest BCUT2D eigenvalue weighted by Gasteiger charge is 2.22. The van der Waals surface area contributed by atoms with E-state index >= 15 is 0 Å². The molecule has 1 aromatic carbocycles. The number of ether oxygens (including phenoxy) is 3. The van der Waals surface area contributed by atoms with Crippen LogP contribution in [0, 0.1) is 0 Å². The van der Waals surface area contributed by atoms with Crippen molar-refractivity contribution in [2.45, 2.75) is 13.0 Å². The van der Waals surface area contributed by atoms with Crippen LogP contribution >= 0.6 is 0 Å². The van der Waals surface area contributed by atoms with Crippen LogP contribution in [0.4, 0.5) is 10.5 Å². The summed E-state index contributed by atoms with van der Waals surface area (Å²) in [5, 5.41) is 9.47. The molecule has 3 aromatic rings. The quantitative estimate of drug-likeness (QED) is 0.539. The monoisotopic (exact) mass is 427 g/mol. The van der Waals surface area contributed by atoms with E-state index in [1.54, 1.807) is 25.4 Å². The van der Waals surface area contributed by atoms with Gasteiger partial charge in [0.25, 0.3) is 5.95 Å². The second kappa shape index (κ2) is 9.52. The Bertz CT molecular complexity index is 1070. The van der Waals surface area contributed by atoms with Gasteiger partial charge in [-0.15, -0.1) is 0 Å². The van der Waals surface area contributed by atoms with E-state index in [2.05, 4.69) is 30.7 Å². The predicted molar refractivity (Wildman–Crippen MR) is 108 cm³/mol. The molecule has 2 heterocycles. The molecule has 0 aliphatic rings. The second-order valence-electron chi connectivity index (χ2n) is 6.14. The lowest BCUT2D eigenvalue weighted by Crippen LogP contribution is -2.33. The highest BCUT2D eigenvalue weighted by Crippen LogP contribution is 2.33. The van der Waals surface area contributed by atoms with Gasteiger partial charge in [-0.25, -0.2) is 24.5 Å². The summed E-state index contributed by atoms with van der Waals surface area (Å²) in [5.41, 5.74) is 0.283. The molecule has 31 heavy (non-hydrogen) atoms. The number of aromatic nitrogens is 5. The van der Waals surface area contributed by atoms with Crippen LogP contribution in [0.5, 0.6) is 11.5 Å². The van der Waals surface area contributed by atoms with Crippen LogP contribution in [0.1, 0.15) is 29.1 Å². The number of benzene rings is 1. The summed E-state index contributed by atoms with van der Waals surface area (Å²) in [6.45, 7) is 1.72. The van der Waals surface area contributed by atoms with Crippen molar-refractivity contribution in [3.63, 3.8) is 0 Å². The molecule has 0 spiro atoms. The fourth-order valence-corrected chi connectivity index (χ4v) is 2.78. The van der Waals surface area contributed by atoms with Gasteiger partial charge < -0.3 is 24.8 Å². The Morgan fingerprint density at radius 3 is 2.35 bits per heavy atom. The van der Waals surface area contributed by atoms with Crippen LogP contribution in [-0.2, 0) is 4.74 Å². The molecule has 0 bridgehead atoms. The third-order valence-electron chi connectivity index (χ3n) is 4.23. The molecule has 1 atom stereocenters. The summed E-state index contributed by atoms with van der Waals surface area (Å²) in [7, 11) is 4.12. The zero-order chi connectivity index (χ0) is 22.4. The van der Waals surface area contributed by atoms with Crippen LogP contribution in [0.3, 0.4) is 0 Å². The fraction of sp³-hybridized carbons (Fsp3) is 0.263. The maximum absolute atomic E-state index is 12.6. The smallest absolute Gasteiger partial charge is 0.340 e. The van der Waals surface area contributed by atoms with Crippen molar-refractivity contribution in [2.75, 3.05) is 26.6 Å². The molecule has 0 radical (unpaired) electrons. The van der Waals surface area contributed by atoms with Gasteiger partial charge in [-0.05, 0) is 13.0 Å². The number of urea groups is 1. The minimum atomic E-state index is -0.648. The van der Waals surface area contributed by atoms with Gasteiger partial charge in [0.05, 0.1) is 38.6 Å². The van der Waals surface area contributed by atoms with Gasteiger partial charge >= 0.3 is 12.0 Å². The molecule has 2 N–H and O–H groups in total. The number of carbonyl (C=O) groups excluding carboxylic acids is 2. The second-order valence-corrected chi connectivity index (χ2v) is 6.14. The molecule has 0 aliphatic heterocycles. The molecule has 0 saturated heterocycles. The lowest BCUT2D eigenvalue weighted by atomic mass is 10.1. The third kappa shape index (κ3) is 4.69. The standard InChI is InChI=1S/C19H21N7O5/c1-11(16-22-10-23-26(16)18-20-6-5-7-21-18)24-19(28)25-13-9-15(30-3)14(29-2)8-12(13)17(27)31-4/h5-11H,1-4H3,(H2,24,25,28). The summed E-state index contributed by atoms with van der Waals surface area (Å²) in [4.78, 5) is 37.3. The van der Waals surface area contributed by atoms with Crippen molar-refractivity contribution in [3.8, 4) is 17.4 Å². The number of amides is 2. The van der Waals surface area contributed by atoms with E-state index in [-0.39, 0.29) is 11.3 Å². The first-order valence-electron chi connectivity index (χ1n) is 9.07. The normalized spacial score (nSPS) is 11.4. The lowest BCUT2D eigenvalue weighted by Gasteiger charge is -2.17. The molecule has 1 unspecified atom stereocenters. The van der Waals surface area contributed by atoms with Crippen LogP contribution < -0.4 is 20.1 Å². The van der Waals surface area contributed by atoms with Crippen molar-refractivity contribution >= 4 is 17.7 Å². The molecule has 3 rings (SSSR count). The van der Waals surface area contributed by atoms with Crippen LogP contribution in [0.2, 0.25) is 0 Å². The summed E-state index contributed by atoms with van der Waals surface area (Å²) >= 11 is 0. The highest BCUT2D eigenvalue weighted by atomic mass is 16.5. The zero-order valence-electron chi connectivity index (χ0n) is 17.3. The van der Waals surface area contributed by atoms with Crippen LogP contribution in [-0.4, -0.2) is 58.1 Å². The first kappa shape index (κ1) is 21.5. The van der Waals surface area contributed by atoms with E-state index in [1.807, 2.05) is 0 Å². The number of rotatable bonds is 7. The number of methoxy groups -OCH3 is 3. The van der Waals surface area contributed by atoms with E-state index in [0.717, 1.165) is 0 Å². The summed E-state index contributed by atoms with van der Waals surface area (Å²) in [5.74, 6) is 0.738. The summed E-state index contributed by atoms with van der Waals surface area (Å²) < 4.78 is 16.7. The number of nitrogens with zero attached hydrogens (tertiary/aromatic N) is 5. The van der Waals surface area contributed by atoms with Crippen molar-refractivity contribution in [1.29, 1.82) is 0 Å². The number of nitrogens with one attached hydrogen (secondary N) is 2. The van der Waals surface area contributed by atoms with Gasteiger partial charge in [-0.1, -0.05) is 0 Å². The van der Waals surface area contributed by atoms with Gasteiger partial charge in [0.2, 0.25) is 0 Å². The molecule has 0 fully saturated rings. The summed E-state index contributed by atoms with van der Waals surface area (Å²) in [6.07, 6.45) is 4.49. The first-order chi connectivity index (χ1) is 15.0. The van der Waals surface area contributed by atoms with Crippen molar-refractivity contribution in [1.82, 2.24) is 30.0 Å². The Morgan fingerprint density at radius 2 is 1.71 bits per heavy atom. The van der Waals surface area contributed by atoms with E-state index in [4.69, 9.17) is 14.2 Å². The average molecular weight is 427 g/mol. The van der Waals surface area contributed by atoms with Gasteiger partial charge in [-0.2, -0.15) is 9.78 Å². The number of anilines is 1. The van der Waals surface area contributed by atoms with Gasteiger partial charge in [0.1, 0.15) is 6.33 Å². The van der Waals surface area contributed by atoms with Crippen molar-refractivity contribution < 1.29 is 23.8 Å². The van der Waals surface area contributed by atoms with Crippen molar-refractivity contribution in [3.05, 3.63) is 48.3 Å².